The zero-order valence-electron chi connectivity index (χ0n) is 26.6. The van der Waals surface area contributed by atoms with Crippen molar-refractivity contribution in [3.63, 3.8) is 0 Å². The Bertz CT molecular complexity index is 1190. The molecule has 244 valence electrons. The van der Waals surface area contributed by atoms with Crippen molar-refractivity contribution in [1.29, 1.82) is 0 Å². The van der Waals surface area contributed by atoms with E-state index in [0.717, 1.165) is 43.2 Å². The summed E-state index contributed by atoms with van der Waals surface area (Å²) in [6.45, 7) is 4.38. The Morgan fingerprint density at radius 1 is 0.778 bits per heavy atom. The molecule has 0 aromatic heterocycles. The maximum Gasteiger partial charge on any atom is 0.308 e. The molecule has 1 saturated heterocycles. The zero-order chi connectivity index (χ0) is 31.5. The maximum absolute atomic E-state index is 12.2. The van der Waals surface area contributed by atoms with E-state index in [2.05, 4.69) is 36.4 Å². The minimum absolute atomic E-state index is 0.0453. The first-order valence-electron chi connectivity index (χ1n) is 16.5. The second kappa shape index (κ2) is 20.1. The number of ether oxygens (including phenoxy) is 5. The van der Waals surface area contributed by atoms with E-state index >= 15 is 0 Å². The van der Waals surface area contributed by atoms with Gasteiger partial charge >= 0.3 is 5.97 Å². The molecule has 0 unspecified atom stereocenters. The predicted octanol–water partition coefficient (Wildman–Crippen LogP) is 7.19. The molecule has 5 atom stereocenters. The molecule has 0 amide bonds. The van der Waals surface area contributed by atoms with Crippen molar-refractivity contribution in [3.8, 4) is 0 Å². The van der Waals surface area contributed by atoms with Gasteiger partial charge in [-0.3, -0.25) is 4.79 Å². The SMILES string of the molecule is CCOC(=O)C[C@H]1O[C@@H]([C@@H](CCCC[C@@H](CCOCc2ccccc2)OCc2ccccc2)OCc2ccccc2)CC[C@@H]1O. The standard InChI is InChI=1S/C38H50O7/c1-2-42-38(40)26-37-34(39)22-23-36(45-37)35(44-29-32-18-10-5-11-19-32)21-13-12-20-33(43-28-31-16-8-4-9-17-31)24-25-41-27-30-14-6-3-7-15-30/h3-11,14-19,33-37,39H,2,12-13,20-29H2,1H3/t33-,34-,35+,36+,37+/m0/s1. The molecule has 0 bridgehead atoms. The average Bonchev–Trinajstić information content (AvgIpc) is 3.07. The second-order valence-corrected chi connectivity index (χ2v) is 11.7. The number of carbonyl (C=O) groups is 1. The quantitative estimate of drug-likeness (QED) is 0.106. The highest BCUT2D eigenvalue weighted by Crippen LogP contribution is 2.28. The number of carbonyl (C=O) groups excluding carboxylic acids is 1. The van der Waals surface area contributed by atoms with E-state index in [4.69, 9.17) is 23.7 Å². The largest absolute Gasteiger partial charge is 0.466 e. The summed E-state index contributed by atoms with van der Waals surface area (Å²) in [5.41, 5.74) is 3.44. The van der Waals surface area contributed by atoms with E-state index in [1.807, 2.05) is 54.6 Å². The van der Waals surface area contributed by atoms with Crippen LogP contribution in [0.25, 0.3) is 0 Å². The molecule has 1 aliphatic rings. The van der Waals surface area contributed by atoms with Gasteiger partial charge in [0.25, 0.3) is 0 Å². The van der Waals surface area contributed by atoms with E-state index < -0.39 is 12.2 Å². The Kier molecular flexibility index (Phi) is 15.6. The van der Waals surface area contributed by atoms with Crippen molar-refractivity contribution in [2.45, 2.75) is 109 Å². The Hall–Kier alpha value is -3.07. The van der Waals surface area contributed by atoms with Gasteiger partial charge < -0.3 is 28.8 Å². The predicted molar refractivity (Wildman–Crippen MR) is 174 cm³/mol. The number of aliphatic hydroxyl groups excluding tert-OH is 1. The van der Waals surface area contributed by atoms with Crippen LogP contribution < -0.4 is 0 Å². The van der Waals surface area contributed by atoms with Gasteiger partial charge in [0.2, 0.25) is 0 Å². The maximum atomic E-state index is 12.2. The van der Waals surface area contributed by atoms with Crippen LogP contribution in [-0.4, -0.2) is 54.8 Å². The Morgan fingerprint density at radius 2 is 1.36 bits per heavy atom. The number of esters is 1. The number of benzene rings is 3. The minimum atomic E-state index is -0.688. The van der Waals surface area contributed by atoms with Crippen molar-refractivity contribution in [1.82, 2.24) is 0 Å². The summed E-state index contributed by atoms with van der Waals surface area (Å²) >= 11 is 0. The summed E-state index contributed by atoms with van der Waals surface area (Å²) in [5.74, 6) is -0.349. The normalized spacial score (nSPS) is 19.6. The lowest BCUT2D eigenvalue weighted by atomic mass is 9.93. The summed E-state index contributed by atoms with van der Waals surface area (Å²) in [6.07, 6.45) is 4.23. The summed E-state index contributed by atoms with van der Waals surface area (Å²) < 4.78 is 30.3. The minimum Gasteiger partial charge on any atom is -0.466 e. The number of hydrogen-bond acceptors (Lipinski definition) is 7. The third-order valence-electron chi connectivity index (χ3n) is 8.21. The second-order valence-electron chi connectivity index (χ2n) is 11.7. The van der Waals surface area contributed by atoms with Crippen LogP contribution in [0, 0.1) is 0 Å². The van der Waals surface area contributed by atoms with E-state index in [1.54, 1.807) is 6.92 Å². The molecule has 7 heteroatoms. The molecule has 0 aliphatic carbocycles. The molecule has 0 saturated carbocycles. The third-order valence-corrected chi connectivity index (χ3v) is 8.21. The van der Waals surface area contributed by atoms with Crippen LogP contribution >= 0.6 is 0 Å². The molecule has 3 aromatic rings. The Morgan fingerprint density at radius 3 is 1.98 bits per heavy atom. The molecule has 4 rings (SSSR count). The van der Waals surface area contributed by atoms with E-state index in [-0.39, 0.29) is 30.7 Å². The van der Waals surface area contributed by atoms with Crippen LogP contribution in [0.1, 0.15) is 75.0 Å². The molecular formula is C38H50O7. The molecule has 1 aliphatic heterocycles. The number of rotatable bonds is 20. The lowest BCUT2D eigenvalue weighted by Gasteiger charge is -2.37. The summed E-state index contributed by atoms with van der Waals surface area (Å²) in [4.78, 5) is 12.2. The summed E-state index contributed by atoms with van der Waals surface area (Å²) in [7, 11) is 0. The Labute approximate surface area is 268 Å². The zero-order valence-corrected chi connectivity index (χ0v) is 26.6. The van der Waals surface area contributed by atoms with Crippen molar-refractivity contribution in [2.75, 3.05) is 13.2 Å². The van der Waals surface area contributed by atoms with Gasteiger partial charge in [-0.2, -0.15) is 0 Å². The van der Waals surface area contributed by atoms with Crippen LogP contribution in [0.2, 0.25) is 0 Å². The van der Waals surface area contributed by atoms with Crippen molar-refractivity contribution in [2.24, 2.45) is 0 Å². The van der Waals surface area contributed by atoms with E-state index in [1.165, 1.54) is 5.56 Å². The van der Waals surface area contributed by atoms with Crippen LogP contribution in [0.15, 0.2) is 91.0 Å². The summed E-state index contributed by atoms with van der Waals surface area (Å²) in [6, 6.07) is 30.6. The fourth-order valence-corrected chi connectivity index (χ4v) is 5.70. The van der Waals surface area contributed by atoms with Gasteiger partial charge in [-0.1, -0.05) is 104 Å². The molecule has 1 fully saturated rings. The molecule has 7 nitrogen and oxygen atoms in total. The molecular weight excluding hydrogens is 568 g/mol. The fraction of sp³-hybridized carbons (Fsp3) is 0.500. The highest BCUT2D eigenvalue weighted by molar-refractivity contribution is 5.70. The van der Waals surface area contributed by atoms with Gasteiger partial charge in [0.1, 0.15) is 0 Å². The van der Waals surface area contributed by atoms with Gasteiger partial charge in [0, 0.05) is 6.61 Å². The molecule has 1 heterocycles. The third kappa shape index (κ3) is 13.1. The van der Waals surface area contributed by atoms with Crippen molar-refractivity contribution in [3.05, 3.63) is 108 Å². The highest BCUT2D eigenvalue weighted by atomic mass is 16.6. The van der Waals surface area contributed by atoms with Gasteiger partial charge in [-0.25, -0.2) is 0 Å². The molecule has 3 aromatic carbocycles. The monoisotopic (exact) mass is 618 g/mol. The first-order valence-corrected chi connectivity index (χ1v) is 16.5. The number of unbranched alkanes of at least 4 members (excludes halogenated alkanes) is 1. The van der Waals surface area contributed by atoms with Gasteiger partial charge in [0.05, 0.1) is 63.4 Å². The van der Waals surface area contributed by atoms with Crippen LogP contribution in [-0.2, 0) is 48.3 Å². The average molecular weight is 619 g/mol. The van der Waals surface area contributed by atoms with Crippen molar-refractivity contribution >= 4 is 5.97 Å². The fourth-order valence-electron chi connectivity index (χ4n) is 5.70. The first kappa shape index (κ1) is 34.8. The Balaban J connectivity index is 1.30. The number of hydrogen-bond donors (Lipinski definition) is 1. The molecule has 0 radical (unpaired) electrons. The van der Waals surface area contributed by atoms with Crippen LogP contribution in [0.3, 0.4) is 0 Å². The smallest absolute Gasteiger partial charge is 0.308 e. The number of aliphatic hydroxyl groups is 1. The lowest BCUT2D eigenvalue weighted by molar-refractivity contribution is -0.179. The van der Waals surface area contributed by atoms with Gasteiger partial charge in [-0.05, 0) is 55.7 Å². The summed E-state index contributed by atoms with van der Waals surface area (Å²) in [5, 5.41) is 10.6. The molecule has 0 spiro atoms. The van der Waals surface area contributed by atoms with Crippen LogP contribution in [0.5, 0.6) is 0 Å². The highest BCUT2D eigenvalue weighted by Gasteiger charge is 2.36. The van der Waals surface area contributed by atoms with E-state index in [0.29, 0.717) is 45.9 Å². The first-order chi connectivity index (χ1) is 22.1. The van der Waals surface area contributed by atoms with Crippen molar-refractivity contribution < 1.29 is 33.6 Å². The molecule has 45 heavy (non-hydrogen) atoms. The lowest BCUT2D eigenvalue weighted by Crippen LogP contribution is -2.45. The van der Waals surface area contributed by atoms with Gasteiger partial charge in [-0.15, -0.1) is 0 Å². The van der Waals surface area contributed by atoms with E-state index in [9.17, 15) is 9.90 Å². The topological polar surface area (TPSA) is 83.5 Å². The molecule has 1 N–H and O–H groups in total. The van der Waals surface area contributed by atoms with Gasteiger partial charge in [0.15, 0.2) is 0 Å². The van der Waals surface area contributed by atoms with Crippen LogP contribution in [0.4, 0.5) is 0 Å².